The highest BCUT2D eigenvalue weighted by atomic mass is 32.2. The predicted octanol–water partition coefficient (Wildman–Crippen LogP) is 18.0. The van der Waals surface area contributed by atoms with Gasteiger partial charge in [-0.2, -0.15) is 0 Å². The number of hydrogen-bond donors (Lipinski definition) is 0. The van der Waals surface area contributed by atoms with Crippen molar-refractivity contribution in [1.29, 1.82) is 0 Å². The van der Waals surface area contributed by atoms with Crippen molar-refractivity contribution < 1.29 is 14.3 Å². The van der Waals surface area contributed by atoms with Crippen LogP contribution in [0.3, 0.4) is 0 Å². The number of hydrogen-bond acceptors (Lipinski definition) is 4. The molecule has 0 aliphatic carbocycles. The van der Waals surface area contributed by atoms with Crippen LogP contribution in [-0.2, 0) is 0 Å². The van der Waals surface area contributed by atoms with Crippen LogP contribution in [0.4, 0.5) is 0 Å². The Balaban J connectivity index is 1.72. The summed E-state index contributed by atoms with van der Waals surface area (Å²) in [7, 11) is 0. The van der Waals surface area contributed by atoms with Crippen molar-refractivity contribution in [2.24, 2.45) is 0 Å². The molecule has 2 rings (SSSR count). The molecule has 0 spiro atoms. The average Bonchev–Trinajstić information content (AvgIpc) is 3.23. The maximum atomic E-state index is 13.1. The molecule has 57 heavy (non-hydrogen) atoms. The van der Waals surface area contributed by atoms with Crippen LogP contribution in [0, 0.1) is 0 Å². The maximum absolute atomic E-state index is 13.1. The summed E-state index contributed by atoms with van der Waals surface area (Å²) in [5.41, 5.74) is 1.66. The lowest BCUT2D eigenvalue weighted by atomic mass is 10.0. The number of carbonyl (C=O) groups excluding carboxylic acids is 1. The number of allylic oxidation sites excluding steroid dienone is 1. The number of rotatable bonds is 41. The van der Waals surface area contributed by atoms with E-state index in [0.717, 1.165) is 41.2 Å². The number of ketones is 1. The van der Waals surface area contributed by atoms with E-state index in [1.54, 1.807) is 6.08 Å². The molecule has 0 aliphatic heterocycles. The van der Waals surface area contributed by atoms with Gasteiger partial charge in [0.25, 0.3) is 0 Å². The van der Waals surface area contributed by atoms with Crippen molar-refractivity contribution in [2.45, 2.75) is 231 Å². The number of carbonyl (C=O) groups is 1. The number of unbranched alkanes of at least 4 members (excludes halogenated alkanes) is 29. The van der Waals surface area contributed by atoms with Gasteiger partial charge in [0.1, 0.15) is 11.5 Å². The van der Waals surface area contributed by atoms with Crippen LogP contribution in [0.1, 0.15) is 242 Å². The van der Waals surface area contributed by atoms with Gasteiger partial charge in [0.05, 0.1) is 13.2 Å². The van der Waals surface area contributed by atoms with E-state index in [2.05, 4.69) is 32.9 Å². The van der Waals surface area contributed by atoms with Crippen molar-refractivity contribution in [1.82, 2.24) is 0 Å². The van der Waals surface area contributed by atoms with E-state index in [1.807, 2.05) is 48.2 Å². The Morgan fingerprint density at radius 3 is 1.18 bits per heavy atom. The van der Waals surface area contributed by atoms with E-state index in [1.165, 1.54) is 198 Å². The van der Waals surface area contributed by atoms with Crippen LogP contribution in [-0.4, -0.2) is 24.7 Å². The smallest absolute Gasteiger partial charge is 0.185 e. The summed E-state index contributed by atoms with van der Waals surface area (Å²) in [6.45, 7) is 8.23. The summed E-state index contributed by atoms with van der Waals surface area (Å²) in [6.07, 6.45) is 46.8. The number of ether oxygens (including phenoxy) is 2. The van der Waals surface area contributed by atoms with Crippen LogP contribution in [0.25, 0.3) is 6.08 Å². The molecule has 0 saturated heterocycles. The molecule has 0 bridgehead atoms. The molecule has 0 amide bonds. The van der Waals surface area contributed by atoms with Gasteiger partial charge in [0, 0.05) is 16.5 Å². The summed E-state index contributed by atoms with van der Waals surface area (Å²) in [6, 6.07) is 14.2. The van der Waals surface area contributed by atoms with Crippen molar-refractivity contribution in [3.8, 4) is 11.5 Å². The highest BCUT2D eigenvalue weighted by molar-refractivity contribution is 7.99. The van der Waals surface area contributed by atoms with Gasteiger partial charge in [-0.05, 0) is 73.1 Å². The highest BCUT2D eigenvalue weighted by Gasteiger charge is 2.06. The highest BCUT2D eigenvalue weighted by Crippen LogP contribution is 2.26. The first-order chi connectivity index (χ1) is 28.2. The molecule has 0 fully saturated rings. The van der Waals surface area contributed by atoms with Gasteiger partial charge in [-0.3, -0.25) is 4.79 Å². The van der Waals surface area contributed by atoms with E-state index in [4.69, 9.17) is 9.47 Å². The predicted molar refractivity (Wildman–Crippen MR) is 253 cm³/mol. The van der Waals surface area contributed by atoms with Crippen molar-refractivity contribution >= 4 is 23.6 Å². The zero-order valence-electron chi connectivity index (χ0n) is 37.6. The third-order valence-corrected chi connectivity index (χ3v) is 12.4. The lowest BCUT2D eigenvalue weighted by molar-refractivity contribution is 0.104. The molecule has 0 radical (unpaired) electrons. The molecule has 0 heterocycles. The Kier molecular flexibility index (Phi) is 34.0. The molecule has 0 N–H and O–H groups in total. The Bertz CT molecular complexity index is 1170. The SMILES string of the molecule is CCCCCCCCCCCCCCCCCOc1cc(/C=C/C(=O)c2ccc(SCCCC)cc2)cc(OCCCCCCCCCCCCCCCCC)c1. The Labute approximate surface area is 357 Å². The fraction of sp³-hybridized carbons (Fsp3) is 0.717. The van der Waals surface area contributed by atoms with Crippen molar-refractivity contribution in [3.63, 3.8) is 0 Å². The molecule has 0 atom stereocenters. The second-order valence-corrected chi connectivity index (χ2v) is 17.9. The third kappa shape index (κ3) is 29.6. The monoisotopic (exact) mass is 805 g/mol. The van der Waals surface area contributed by atoms with Crippen LogP contribution < -0.4 is 9.47 Å². The summed E-state index contributed by atoms with van der Waals surface area (Å²) in [5, 5.41) is 0. The molecule has 324 valence electrons. The molecule has 0 aromatic heterocycles. The summed E-state index contributed by atoms with van der Waals surface area (Å²) in [5.74, 6) is 2.79. The molecule has 4 heteroatoms. The van der Waals surface area contributed by atoms with Crippen molar-refractivity contribution in [2.75, 3.05) is 19.0 Å². The van der Waals surface area contributed by atoms with E-state index in [0.29, 0.717) is 13.2 Å². The summed E-state index contributed by atoms with van der Waals surface area (Å²) >= 11 is 1.86. The number of thioether (sulfide) groups is 1. The minimum atomic E-state index is 0.0181. The first-order valence-corrected chi connectivity index (χ1v) is 25.5. The van der Waals surface area contributed by atoms with Crippen LogP contribution in [0.5, 0.6) is 11.5 Å². The fourth-order valence-electron chi connectivity index (χ4n) is 7.50. The quantitative estimate of drug-likeness (QED) is 0.0290. The Morgan fingerprint density at radius 1 is 0.456 bits per heavy atom. The normalized spacial score (nSPS) is 11.5. The molecule has 3 nitrogen and oxygen atoms in total. The molecular formula is C53H88O3S. The van der Waals surface area contributed by atoms with Gasteiger partial charge in [-0.25, -0.2) is 0 Å². The van der Waals surface area contributed by atoms with Crippen LogP contribution >= 0.6 is 11.8 Å². The van der Waals surface area contributed by atoms with Crippen molar-refractivity contribution in [3.05, 3.63) is 59.7 Å². The first-order valence-electron chi connectivity index (χ1n) is 24.5. The van der Waals surface area contributed by atoms with E-state index in [9.17, 15) is 4.79 Å². The summed E-state index contributed by atoms with van der Waals surface area (Å²) in [4.78, 5) is 14.3. The molecule has 0 unspecified atom stereocenters. The molecular weight excluding hydrogens is 717 g/mol. The van der Waals surface area contributed by atoms with Crippen LogP contribution in [0.2, 0.25) is 0 Å². The van der Waals surface area contributed by atoms with Crippen LogP contribution in [0.15, 0.2) is 53.4 Å². The largest absolute Gasteiger partial charge is 0.493 e. The molecule has 2 aromatic carbocycles. The first kappa shape index (κ1) is 50.9. The zero-order chi connectivity index (χ0) is 40.7. The fourth-order valence-corrected chi connectivity index (χ4v) is 8.50. The van der Waals surface area contributed by atoms with Gasteiger partial charge in [0.2, 0.25) is 0 Å². The second kappa shape index (κ2) is 38.0. The topological polar surface area (TPSA) is 35.5 Å². The average molecular weight is 805 g/mol. The van der Waals surface area contributed by atoms with Gasteiger partial charge in [-0.1, -0.05) is 213 Å². The minimum Gasteiger partial charge on any atom is -0.493 e. The van der Waals surface area contributed by atoms with Gasteiger partial charge < -0.3 is 9.47 Å². The lowest BCUT2D eigenvalue weighted by Crippen LogP contribution is -2.01. The lowest BCUT2D eigenvalue weighted by Gasteiger charge is -2.12. The number of benzene rings is 2. The van der Waals surface area contributed by atoms with Gasteiger partial charge in [-0.15, -0.1) is 11.8 Å². The van der Waals surface area contributed by atoms with Gasteiger partial charge >= 0.3 is 0 Å². The maximum Gasteiger partial charge on any atom is 0.185 e. The Morgan fingerprint density at radius 2 is 0.807 bits per heavy atom. The third-order valence-electron chi connectivity index (χ3n) is 11.3. The minimum absolute atomic E-state index is 0.0181. The Hall–Kier alpha value is -2.20. The summed E-state index contributed by atoms with van der Waals surface area (Å²) < 4.78 is 12.6. The standard InChI is InChI=1S/C53H88O3S/c1-4-7-10-12-14-16-18-20-22-24-26-28-30-32-34-42-55-50-45-48(36-41-53(54)49-37-39-52(40-38-49)57-44-9-6-3)46-51(47-50)56-43-35-33-31-29-27-25-23-21-19-17-15-13-11-8-5-2/h36-41,45-47H,4-35,42-44H2,1-3H3/b41-36+. The molecule has 0 aliphatic rings. The van der Waals surface area contributed by atoms with E-state index < -0.39 is 0 Å². The van der Waals surface area contributed by atoms with E-state index in [-0.39, 0.29) is 5.78 Å². The van der Waals surface area contributed by atoms with Gasteiger partial charge in [0.15, 0.2) is 5.78 Å². The molecule has 0 saturated carbocycles. The zero-order valence-corrected chi connectivity index (χ0v) is 38.4. The van der Waals surface area contributed by atoms with E-state index >= 15 is 0 Å². The second-order valence-electron chi connectivity index (χ2n) is 16.8. The molecule has 2 aromatic rings.